The van der Waals surface area contributed by atoms with E-state index >= 15 is 0 Å². The van der Waals surface area contributed by atoms with Gasteiger partial charge in [-0.2, -0.15) is 0 Å². The third-order valence-corrected chi connectivity index (χ3v) is 15.1. The maximum atomic E-state index is 12.8. The molecule has 440 valence electrons. The third-order valence-electron chi connectivity index (χ3n) is 14.1. The summed E-state index contributed by atoms with van der Waals surface area (Å²) in [7, 11) is 1.18. The van der Waals surface area contributed by atoms with E-state index in [1.165, 1.54) is 212 Å². The Morgan fingerprint density at radius 2 is 0.760 bits per heavy atom. The van der Waals surface area contributed by atoms with E-state index in [1.807, 2.05) is 21.1 Å². The Balaban J connectivity index is 3.85. The molecule has 0 saturated heterocycles. The number of allylic oxidation sites excluding steroid dienone is 8. The van der Waals surface area contributed by atoms with Crippen LogP contribution >= 0.6 is 7.82 Å². The summed E-state index contributed by atoms with van der Waals surface area (Å²) in [5.74, 6) is -0.817. The standard InChI is InChI=1S/C65H122NO8P/c1-6-8-10-12-14-16-18-20-21-22-23-24-25-26-27-28-29-30-31-32-33-34-35-36-37-38-39-40-41-42-43-44-45-46-48-50-52-54-56-58-65(68)74-63(62-73-75(69,70)72-60-59-66(3,4)5)61-71-64(67)57-55-53-51-49-47-19-17-15-13-11-9-7-2/h8,10,14,16,20-21,23-24,63H,6-7,9,11-13,15,17-19,22,25-62H2,1-5H3/b10-8-,16-14-,21-20-,24-23-. The quantitative estimate of drug-likeness (QED) is 0.0195. The zero-order valence-electron chi connectivity index (χ0n) is 50.0. The minimum absolute atomic E-state index is 0.0276. The summed E-state index contributed by atoms with van der Waals surface area (Å²) in [6, 6.07) is 0. The van der Waals surface area contributed by atoms with Crippen LogP contribution in [0.5, 0.6) is 0 Å². The Hall–Kier alpha value is -2.03. The third kappa shape index (κ3) is 61.1. The summed E-state index contributed by atoms with van der Waals surface area (Å²) in [5.41, 5.74) is 0. The Labute approximate surface area is 464 Å². The molecule has 0 spiro atoms. The summed E-state index contributed by atoms with van der Waals surface area (Å²) in [5, 5.41) is 0. The van der Waals surface area contributed by atoms with Gasteiger partial charge in [-0.3, -0.25) is 14.2 Å². The van der Waals surface area contributed by atoms with Crippen molar-refractivity contribution in [3.8, 4) is 0 Å². The first-order valence-corrected chi connectivity index (χ1v) is 33.3. The number of quaternary nitrogens is 1. The van der Waals surface area contributed by atoms with Crippen LogP contribution in [0.25, 0.3) is 0 Å². The lowest BCUT2D eigenvalue weighted by Crippen LogP contribution is -2.37. The van der Waals surface area contributed by atoms with Crippen LogP contribution in [0.1, 0.15) is 303 Å². The van der Waals surface area contributed by atoms with Gasteiger partial charge in [0, 0.05) is 12.8 Å². The van der Waals surface area contributed by atoms with Gasteiger partial charge in [-0.1, -0.05) is 287 Å². The molecule has 2 unspecified atom stereocenters. The van der Waals surface area contributed by atoms with Crippen molar-refractivity contribution in [3.63, 3.8) is 0 Å². The summed E-state index contributed by atoms with van der Waals surface area (Å²) in [6.45, 7) is 4.16. The SMILES string of the molecule is CC/C=C\C/C=C\C/C=C\C/C=C\CCCCCCCCCCCCCCCCCCCCCCCCCCCCC(=O)OC(COC(=O)CCCCCCCCCCCCCC)COP(=O)([O-])OCC[N+](C)(C)C. The molecule has 0 N–H and O–H groups in total. The molecule has 0 aromatic carbocycles. The molecule has 0 bridgehead atoms. The number of phosphoric acid groups is 1. The second-order valence-corrected chi connectivity index (χ2v) is 24.2. The minimum Gasteiger partial charge on any atom is -0.756 e. The van der Waals surface area contributed by atoms with Crippen LogP contribution in [-0.2, 0) is 32.7 Å². The average Bonchev–Trinajstić information content (AvgIpc) is 3.37. The largest absolute Gasteiger partial charge is 0.756 e. The predicted molar refractivity (Wildman–Crippen MR) is 319 cm³/mol. The first-order chi connectivity index (χ1) is 36.5. The highest BCUT2D eigenvalue weighted by Gasteiger charge is 2.22. The number of likely N-dealkylation sites (N-methyl/N-ethyl adjacent to an activating group) is 1. The van der Waals surface area contributed by atoms with E-state index in [1.54, 1.807) is 0 Å². The predicted octanol–water partition coefficient (Wildman–Crippen LogP) is 19.5. The van der Waals surface area contributed by atoms with Crippen molar-refractivity contribution in [3.05, 3.63) is 48.6 Å². The van der Waals surface area contributed by atoms with Gasteiger partial charge < -0.3 is 27.9 Å². The highest BCUT2D eigenvalue weighted by atomic mass is 31.2. The maximum Gasteiger partial charge on any atom is 0.306 e. The van der Waals surface area contributed by atoms with Crippen molar-refractivity contribution in [2.45, 2.75) is 309 Å². The topological polar surface area (TPSA) is 111 Å². The Morgan fingerprint density at radius 1 is 0.427 bits per heavy atom. The molecule has 9 nitrogen and oxygen atoms in total. The van der Waals surface area contributed by atoms with Crippen LogP contribution in [-0.4, -0.2) is 70.0 Å². The fourth-order valence-corrected chi connectivity index (χ4v) is 9.97. The number of carbonyl (C=O) groups is 2. The van der Waals surface area contributed by atoms with Crippen molar-refractivity contribution in [2.24, 2.45) is 0 Å². The molecule has 0 aliphatic rings. The molecule has 75 heavy (non-hydrogen) atoms. The van der Waals surface area contributed by atoms with Crippen molar-refractivity contribution in [2.75, 3.05) is 47.5 Å². The van der Waals surface area contributed by atoms with Crippen LogP contribution in [0.4, 0.5) is 0 Å². The zero-order valence-corrected chi connectivity index (χ0v) is 50.9. The lowest BCUT2D eigenvalue weighted by atomic mass is 10.0. The molecular weight excluding hydrogens is 954 g/mol. The molecule has 2 atom stereocenters. The number of unbranched alkanes of at least 4 members (excludes halogenated alkanes) is 37. The number of phosphoric ester groups is 1. The molecule has 0 aromatic rings. The van der Waals surface area contributed by atoms with E-state index in [-0.39, 0.29) is 32.0 Å². The van der Waals surface area contributed by atoms with E-state index < -0.39 is 26.5 Å². The van der Waals surface area contributed by atoms with Crippen molar-refractivity contribution in [1.29, 1.82) is 0 Å². The molecule has 0 radical (unpaired) electrons. The number of hydrogen-bond donors (Lipinski definition) is 0. The summed E-state index contributed by atoms with van der Waals surface area (Å²) < 4.78 is 34.1. The molecule has 0 saturated carbocycles. The first-order valence-electron chi connectivity index (χ1n) is 31.8. The monoisotopic (exact) mass is 1080 g/mol. The molecule has 0 rings (SSSR count). The number of carbonyl (C=O) groups excluding carboxylic acids is 2. The molecule has 10 heteroatoms. The van der Waals surface area contributed by atoms with Crippen molar-refractivity contribution < 1.29 is 42.1 Å². The zero-order chi connectivity index (χ0) is 54.9. The van der Waals surface area contributed by atoms with E-state index in [9.17, 15) is 19.0 Å². The molecular formula is C65H122NO8P. The molecule has 0 heterocycles. The van der Waals surface area contributed by atoms with Gasteiger partial charge in [0.15, 0.2) is 6.10 Å². The fraction of sp³-hybridized carbons (Fsp3) is 0.846. The average molecular weight is 1080 g/mol. The smallest absolute Gasteiger partial charge is 0.306 e. The summed E-state index contributed by atoms with van der Waals surface area (Å²) >= 11 is 0. The van der Waals surface area contributed by atoms with E-state index in [2.05, 4.69) is 62.5 Å². The minimum atomic E-state index is -4.63. The van der Waals surface area contributed by atoms with Gasteiger partial charge in [0.2, 0.25) is 0 Å². The van der Waals surface area contributed by atoms with Crippen LogP contribution in [0.3, 0.4) is 0 Å². The Morgan fingerprint density at radius 3 is 1.13 bits per heavy atom. The number of hydrogen-bond acceptors (Lipinski definition) is 8. The number of esters is 2. The lowest BCUT2D eigenvalue weighted by molar-refractivity contribution is -0.870. The molecule has 0 amide bonds. The first kappa shape index (κ1) is 73.0. The molecule has 0 fully saturated rings. The van der Waals surface area contributed by atoms with Gasteiger partial charge in [-0.05, 0) is 51.4 Å². The van der Waals surface area contributed by atoms with Crippen molar-refractivity contribution in [1.82, 2.24) is 0 Å². The summed E-state index contributed by atoms with van der Waals surface area (Å²) in [4.78, 5) is 37.8. The normalized spacial score (nSPS) is 13.5. The van der Waals surface area contributed by atoms with Gasteiger partial charge in [0.1, 0.15) is 19.8 Å². The van der Waals surface area contributed by atoms with E-state index in [0.29, 0.717) is 17.4 Å². The Kier molecular flexibility index (Phi) is 55.1. The molecule has 0 aromatic heterocycles. The second kappa shape index (κ2) is 56.7. The van der Waals surface area contributed by atoms with Crippen LogP contribution in [0.15, 0.2) is 48.6 Å². The van der Waals surface area contributed by atoms with Gasteiger partial charge >= 0.3 is 11.9 Å². The highest BCUT2D eigenvalue weighted by molar-refractivity contribution is 7.45. The van der Waals surface area contributed by atoms with Crippen molar-refractivity contribution >= 4 is 19.8 Å². The maximum absolute atomic E-state index is 12.8. The van der Waals surface area contributed by atoms with Gasteiger partial charge in [0.05, 0.1) is 27.7 Å². The van der Waals surface area contributed by atoms with Gasteiger partial charge in [-0.25, -0.2) is 0 Å². The Bertz CT molecular complexity index is 1410. The van der Waals surface area contributed by atoms with Crippen LogP contribution in [0, 0.1) is 0 Å². The number of rotatable bonds is 59. The lowest BCUT2D eigenvalue weighted by Gasteiger charge is -2.28. The highest BCUT2D eigenvalue weighted by Crippen LogP contribution is 2.38. The van der Waals surface area contributed by atoms with E-state index in [0.717, 1.165) is 57.8 Å². The van der Waals surface area contributed by atoms with Gasteiger partial charge in [-0.15, -0.1) is 0 Å². The second-order valence-electron chi connectivity index (χ2n) is 22.8. The summed E-state index contributed by atoms with van der Waals surface area (Å²) in [6.07, 6.45) is 72.0. The fourth-order valence-electron chi connectivity index (χ4n) is 9.24. The molecule has 0 aliphatic heterocycles. The van der Waals surface area contributed by atoms with Crippen LogP contribution in [0.2, 0.25) is 0 Å². The van der Waals surface area contributed by atoms with E-state index in [4.69, 9.17) is 18.5 Å². The van der Waals surface area contributed by atoms with Gasteiger partial charge in [0.25, 0.3) is 7.82 Å². The van der Waals surface area contributed by atoms with Crippen LogP contribution < -0.4 is 4.89 Å². The number of ether oxygens (including phenoxy) is 2. The molecule has 0 aliphatic carbocycles. The number of nitrogens with zero attached hydrogens (tertiary/aromatic N) is 1.